The molecule has 0 amide bonds. The van der Waals surface area contributed by atoms with Crippen LogP contribution in [0.2, 0.25) is 0 Å². The van der Waals surface area contributed by atoms with Crippen LogP contribution in [0.25, 0.3) is 16.5 Å². The van der Waals surface area contributed by atoms with Gasteiger partial charge in [-0.1, -0.05) is 41.5 Å². The van der Waals surface area contributed by atoms with Crippen LogP contribution in [0.15, 0.2) is 35.5 Å². The predicted molar refractivity (Wildman–Crippen MR) is 64.1 cm³/mol. The fourth-order valence-electron chi connectivity index (χ4n) is 1.68. The van der Waals surface area contributed by atoms with Crippen molar-refractivity contribution in [1.82, 2.24) is 0 Å². The van der Waals surface area contributed by atoms with Crippen molar-refractivity contribution in [3.63, 3.8) is 0 Å². The van der Waals surface area contributed by atoms with Crippen molar-refractivity contribution in [1.29, 1.82) is 0 Å². The Morgan fingerprint density at radius 3 is 2.88 bits per heavy atom. The summed E-state index contributed by atoms with van der Waals surface area (Å²) >= 11 is 0. The molecule has 0 spiro atoms. The van der Waals surface area contributed by atoms with E-state index in [0.29, 0.717) is 19.8 Å². The van der Waals surface area contributed by atoms with Gasteiger partial charge in [0.15, 0.2) is 6.29 Å². The molecule has 88 valence electrons. The average molecular weight is 231 g/mol. The van der Waals surface area contributed by atoms with Crippen molar-refractivity contribution in [2.24, 2.45) is 5.11 Å². The fraction of sp³-hybridized carbons (Fsp3) is 0.333. The first kappa shape index (κ1) is 11.7. The maximum Gasteiger partial charge on any atom is 0.184 e. The van der Waals surface area contributed by atoms with Gasteiger partial charge in [0.25, 0.3) is 0 Å². The van der Waals surface area contributed by atoms with E-state index in [0.717, 1.165) is 11.1 Å². The smallest absolute Gasteiger partial charge is 0.184 e. The van der Waals surface area contributed by atoms with Gasteiger partial charge in [0.05, 0.1) is 13.2 Å². The van der Waals surface area contributed by atoms with E-state index in [-0.39, 0.29) is 6.29 Å². The van der Waals surface area contributed by atoms with Crippen LogP contribution in [-0.2, 0) is 9.47 Å². The molecule has 0 aromatic heterocycles. The van der Waals surface area contributed by atoms with Crippen LogP contribution in [0.4, 0.5) is 0 Å². The van der Waals surface area contributed by atoms with Crippen molar-refractivity contribution in [3.8, 4) is 0 Å². The SMILES string of the molecule is [N-]=[N+]=NCC=Cc1ccccc1C1OCCO1. The molecule has 1 aliphatic rings. The molecule has 1 aromatic carbocycles. The molecule has 0 aliphatic carbocycles. The van der Waals surface area contributed by atoms with Gasteiger partial charge >= 0.3 is 0 Å². The predicted octanol–water partition coefficient (Wildman–Crippen LogP) is 3.06. The lowest BCUT2D eigenvalue weighted by molar-refractivity contribution is -0.0442. The van der Waals surface area contributed by atoms with Gasteiger partial charge in [-0.3, -0.25) is 0 Å². The largest absolute Gasteiger partial charge is 0.346 e. The Labute approximate surface area is 99.3 Å². The second-order valence-corrected chi connectivity index (χ2v) is 3.52. The molecule has 0 atom stereocenters. The summed E-state index contributed by atoms with van der Waals surface area (Å²) in [6.45, 7) is 1.60. The number of rotatable bonds is 4. The van der Waals surface area contributed by atoms with Crippen molar-refractivity contribution in [2.75, 3.05) is 19.8 Å². The van der Waals surface area contributed by atoms with E-state index >= 15 is 0 Å². The van der Waals surface area contributed by atoms with Crippen LogP contribution in [0.3, 0.4) is 0 Å². The van der Waals surface area contributed by atoms with E-state index in [4.69, 9.17) is 15.0 Å². The molecule has 1 heterocycles. The zero-order valence-electron chi connectivity index (χ0n) is 9.32. The molecule has 2 rings (SSSR count). The molecule has 1 aromatic rings. The zero-order chi connectivity index (χ0) is 11.9. The number of nitrogens with zero attached hydrogens (tertiary/aromatic N) is 3. The summed E-state index contributed by atoms with van der Waals surface area (Å²) in [5, 5.41) is 3.45. The highest BCUT2D eigenvalue weighted by atomic mass is 16.7. The van der Waals surface area contributed by atoms with Gasteiger partial charge in [0.1, 0.15) is 0 Å². The minimum Gasteiger partial charge on any atom is -0.346 e. The fourth-order valence-corrected chi connectivity index (χ4v) is 1.68. The maximum absolute atomic E-state index is 8.18. The minimum absolute atomic E-state index is 0.282. The van der Waals surface area contributed by atoms with E-state index in [9.17, 15) is 0 Å². The van der Waals surface area contributed by atoms with Gasteiger partial charge < -0.3 is 9.47 Å². The first-order chi connectivity index (χ1) is 8.42. The molecule has 1 aliphatic heterocycles. The van der Waals surface area contributed by atoms with E-state index < -0.39 is 0 Å². The van der Waals surface area contributed by atoms with Crippen LogP contribution >= 0.6 is 0 Å². The molecule has 5 nitrogen and oxygen atoms in total. The summed E-state index contributed by atoms with van der Waals surface area (Å²) in [5.41, 5.74) is 10.2. The molecule has 0 unspecified atom stereocenters. The van der Waals surface area contributed by atoms with Crippen LogP contribution < -0.4 is 0 Å². The lowest BCUT2D eigenvalue weighted by Gasteiger charge is -2.12. The molecule has 1 saturated heterocycles. The Morgan fingerprint density at radius 1 is 1.35 bits per heavy atom. The summed E-state index contributed by atoms with van der Waals surface area (Å²) in [5.74, 6) is 0. The number of azide groups is 1. The highest BCUT2D eigenvalue weighted by molar-refractivity contribution is 5.54. The first-order valence-corrected chi connectivity index (χ1v) is 5.41. The summed E-state index contributed by atoms with van der Waals surface area (Å²) in [6.07, 6.45) is 3.44. The van der Waals surface area contributed by atoms with Crippen molar-refractivity contribution in [2.45, 2.75) is 6.29 Å². The molecular formula is C12H13N3O2. The van der Waals surface area contributed by atoms with E-state index in [1.165, 1.54) is 0 Å². The molecule has 0 N–H and O–H groups in total. The third-order valence-electron chi connectivity index (χ3n) is 2.42. The number of hydrogen-bond acceptors (Lipinski definition) is 3. The summed E-state index contributed by atoms with van der Waals surface area (Å²) in [4.78, 5) is 2.69. The lowest BCUT2D eigenvalue weighted by atomic mass is 10.1. The normalized spacial score (nSPS) is 16.2. The lowest BCUT2D eigenvalue weighted by Crippen LogP contribution is -2.00. The topological polar surface area (TPSA) is 67.2 Å². The van der Waals surface area contributed by atoms with Gasteiger partial charge in [-0.15, -0.1) is 0 Å². The summed E-state index contributed by atoms with van der Waals surface area (Å²) in [7, 11) is 0. The molecule has 0 bridgehead atoms. The van der Waals surface area contributed by atoms with E-state index in [1.807, 2.05) is 36.4 Å². The maximum atomic E-state index is 8.18. The summed E-state index contributed by atoms with van der Waals surface area (Å²) in [6, 6.07) is 7.85. The second-order valence-electron chi connectivity index (χ2n) is 3.52. The Morgan fingerprint density at radius 2 is 2.12 bits per heavy atom. The van der Waals surface area contributed by atoms with Crippen molar-refractivity contribution >= 4 is 6.08 Å². The van der Waals surface area contributed by atoms with E-state index in [2.05, 4.69) is 10.0 Å². The number of benzene rings is 1. The van der Waals surface area contributed by atoms with Crippen LogP contribution in [0, 0.1) is 0 Å². The van der Waals surface area contributed by atoms with Crippen molar-refractivity contribution < 1.29 is 9.47 Å². The van der Waals surface area contributed by atoms with Gasteiger partial charge in [-0.05, 0) is 11.1 Å². The van der Waals surface area contributed by atoms with Crippen LogP contribution in [-0.4, -0.2) is 19.8 Å². The molecule has 0 saturated carbocycles. The third-order valence-corrected chi connectivity index (χ3v) is 2.42. The Bertz CT molecular complexity index is 447. The zero-order valence-corrected chi connectivity index (χ0v) is 9.32. The Hall–Kier alpha value is -1.81. The monoisotopic (exact) mass is 231 g/mol. The Kier molecular flexibility index (Phi) is 4.16. The van der Waals surface area contributed by atoms with Gasteiger partial charge in [-0.25, -0.2) is 0 Å². The number of ether oxygens (including phenoxy) is 2. The molecule has 1 fully saturated rings. The quantitative estimate of drug-likeness (QED) is 0.454. The Balaban J connectivity index is 2.15. The second kappa shape index (κ2) is 6.06. The van der Waals surface area contributed by atoms with Crippen LogP contribution in [0.5, 0.6) is 0 Å². The molecule has 0 radical (unpaired) electrons. The molecule has 17 heavy (non-hydrogen) atoms. The standard InChI is InChI=1S/C12H13N3O2/c13-15-14-7-3-5-10-4-1-2-6-11(10)12-16-8-9-17-12/h1-6,12H,7-9H2. The van der Waals surface area contributed by atoms with Crippen molar-refractivity contribution in [3.05, 3.63) is 51.9 Å². The number of hydrogen-bond donors (Lipinski definition) is 0. The van der Waals surface area contributed by atoms with Crippen LogP contribution in [0.1, 0.15) is 17.4 Å². The highest BCUT2D eigenvalue weighted by Gasteiger charge is 2.19. The summed E-state index contributed by atoms with van der Waals surface area (Å²) < 4.78 is 10.9. The van der Waals surface area contributed by atoms with E-state index in [1.54, 1.807) is 0 Å². The molecule has 5 heteroatoms. The van der Waals surface area contributed by atoms with Gasteiger partial charge in [0, 0.05) is 17.0 Å². The molecular weight excluding hydrogens is 218 g/mol. The average Bonchev–Trinajstić information content (AvgIpc) is 2.89. The first-order valence-electron chi connectivity index (χ1n) is 5.41. The van der Waals surface area contributed by atoms with Gasteiger partial charge in [0.2, 0.25) is 0 Å². The van der Waals surface area contributed by atoms with Gasteiger partial charge in [-0.2, -0.15) is 0 Å². The minimum atomic E-state index is -0.282. The highest BCUT2D eigenvalue weighted by Crippen LogP contribution is 2.26. The third kappa shape index (κ3) is 3.07.